The summed E-state index contributed by atoms with van der Waals surface area (Å²) in [4.78, 5) is 26.6. The van der Waals surface area contributed by atoms with E-state index in [0.29, 0.717) is 5.75 Å². The number of anilines is 1. The van der Waals surface area contributed by atoms with Crippen molar-refractivity contribution in [1.82, 2.24) is 0 Å². The van der Waals surface area contributed by atoms with Crippen LogP contribution in [0.5, 0.6) is 11.5 Å². The molecule has 0 spiro atoms. The second kappa shape index (κ2) is 8.89. The normalized spacial score (nSPS) is 10.3. The van der Waals surface area contributed by atoms with E-state index in [2.05, 4.69) is 0 Å². The lowest BCUT2D eigenvalue weighted by Gasteiger charge is -2.26. The van der Waals surface area contributed by atoms with E-state index in [9.17, 15) is 9.59 Å². The monoisotopic (exact) mass is 357 g/mol. The van der Waals surface area contributed by atoms with Gasteiger partial charge in [-0.1, -0.05) is 24.3 Å². The summed E-state index contributed by atoms with van der Waals surface area (Å²) in [6.45, 7) is 3.43. The molecule has 0 bridgehead atoms. The maximum absolute atomic E-state index is 12.6. The molecule has 6 nitrogen and oxygen atoms in total. The van der Waals surface area contributed by atoms with Gasteiger partial charge in [0, 0.05) is 11.7 Å². The number of methoxy groups -OCH3 is 2. The first kappa shape index (κ1) is 19.3. The summed E-state index contributed by atoms with van der Waals surface area (Å²) in [5, 5.41) is 0. The topological polar surface area (TPSA) is 65.1 Å². The molecular formula is C20H23NO5. The summed E-state index contributed by atoms with van der Waals surface area (Å²) in [6.07, 6.45) is 0. The van der Waals surface area contributed by atoms with E-state index in [1.165, 1.54) is 14.2 Å². The molecule has 0 atom stereocenters. The van der Waals surface area contributed by atoms with E-state index in [1.54, 1.807) is 23.1 Å². The number of esters is 1. The van der Waals surface area contributed by atoms with E-state index in [-0.39, 0.29) is 29.9 Å². The Morgan fingerprint density at radius 1 is 0.962 bits per heavy atom. The van der Waals surface area contributed by atoms with Crippen LogP contribution < -0.4 is 14.4 Å². The van der Waals surface area contributed by atoms with Gasteiger partial charge < -0.3 is 19.1 Å². The number of rotatable bonds is 7. The summed E-state index contributed by atoms with van der Waals surface area (Å²) in [6, 6.07) is 14.1. The molecule has 0 saturated carbocycles. The van der Waals surface area contributed by atoms with Gasteiger partial charge in [0.1, 0.15) is 5.56 Å². The number of nitrogens with zero attached hydrogens (tertiary/aromatic N) is 1. The molecule has 0 heterocycles. The van der Waals surface area contributed by atoms with Crippen LogP contribution in [0.2, 0.25) is 0 Å². The third-order valence-electron chi connectivity index (χ3n) is 3.77. The van der Waals surface area contributed by atoms with Gasteiger partial charge in [-0.05, 0) is 38.1 Å². The fraction of sp³-hybridized carbons (Fsp3) is 0.300. The van der Waals surface area contributed by atoms with Gasteiger partial charge >= 0.3 is 5.97 Å². The van der Waals surface area contributed by atoms with Gasteiger partial charge in [-0.3, -0.25) is 4.79 Å². The highest BCUT2D eigenvalue weighted by molar-refractivity contribution is 5.98. The first-order valence-corrected chi connectivity index (χ1v) is 8.24. The zero-order chi connectivity index (χ0) is 19.1. The average molecular weight is 357 g/mol. The van der Waals surface area contributed by atoms with Gasteiger partial charge in [-0.2, -0.15) is 0 Å². The van der Waals surface area contributed by atoms with Gasteiger partial charge in [0.05, 0.1) is 14.2 Å². The maximum atomic E-state index is 12.6. The number of hydrogen-bond acceptors (Lipinski definition) is 5. The molecule has 0 aliphatic heterocycles. The van der Waals surface area contributed by atoms with Crippen molar-refractivity contribution in [2.75, 3.05) is 25.7 Å². The van der Waals surface area contributed by atoms with Crippen molar-refractivity contribution in [2.24, 2.45) is 0 Å². The standard InChI is InChI=1S/C20H23NO5/c1-14(2)21(15-9-6-5-7-10-15)18(22)13-26-20(23)16-11-8-12-17(24-3)19(16)25-4/h5-12,14H,13H2,1-4H3. The number of carbonyl (C=O) groups is 2. The van der Waals surface area contributed by atoms with Crippen LogP contribution in [0.3, 0.4) is 0 Å². The van der Waals surface area contributed by atoms with Gasteiger partial charge in [0.2, 0.25) is 0 Å². The summed E-state index contributed by atoms with van der Waals surface area (Å²) < 4.78 is 15.6. The molecule has 0 saturated heterocycles. The van der Waals surface area contributed by atoms with E-state index in [0.717, 1.165) is 5.69 Å². The van der Waals surface area contributed by atoms with Crippen molar-refractivity contribution < 1.29 is 23.8 Å². The van der Waals surface area contributed by atoms with E-state index >= 15 is 0 Å². The number of carbonyl (C=O) groups excluding carboxylic acids is 2. The van der Waals surface area contributed by atoms with Crippen LogP contribution in [0.15, 0.2) is 48.5 Å². The zero-order valence-electron chi connectivity index (χ0n) is 15.4. The van der Waals surface area contributed by atoms with Crippen LogP contribution in [0.1, 0.15) is 24.2 Å². The second-order valence-corrected chi connectivity index (χ2v) is 5.81. The fourth-order valence-electron chi connectivity index (χ4n) is 2.64. The lowest BCUT2D eigenvalue weighted by molar-refractivity contribution is -0.122. The number of para-hydroxylation sites is 2. The SMILES string of the molecule is COc1cccc(C(=O)OCC(=O)N(c2ccccc2)C(C)C)c1OC. The van der Waals surface area contributed by atoms with Crippen LogP contribution in [-0.4, -0.2) is 38.7 Å². The van der Waals surface area contributed by atoms with Crippen molar-refractivity contribution >= 4 is 17.6 Å². The third-order valence-corrected chi connectivity index (χ3v) is 3.77. The van der Waals surface area contributed by atoms with Gasteiger partial charge in [0.15, 0.2) is 18.1 Å². The first-order valence-electron chi connectivity index (χ1n) is 8.24. The number of amides is 1. The Hall–Kier alpha value is -3.02. The van der Waals surface area contributed by atoms with Crippen LogP contribution >= 0.6 is 0 Å². The smallest absolute Gasteiger partial charge is 0.342 e. The largest absolute Gasteiger partial charge is 0.493 e. The Morgan fingerprint density at radius 2 is 1.65 bits per heavy atom. The first-order chi connectivity index (χ1) is 12.5. The highest BCUT2D eigenvalue weighted by atomic mass is 16.5. The molecule has 1 amide bonds. The molecule has 0 aliphatic rings. The van der Waals surface area contributed by atoms with Crippen LogP contribution in [0.25, 0.3) is 0 Å². The molecular weight excluding hydrogens is 334 g/mol. The highest BCUT2D eigenvalue weighted by Gasteiger charge is 2.23. The predicted molar refractivity (Wildman–Crippen MR) is 98.9 cm³/mol. The number of hydrogen-bond donors (Lipinski definition) is 0. The molecule has 0 N–H and O–H groups in total. The second-order valence-electron chi connectivity index (χ2n) is 5.81. The molecule has 2 rings (SSSR count). The summed E-state index contributed by atoms with van der Waals surface area (Å²) in [5.41, 5.74) is 0.956. The Bertz CT molecular complexity index is 758. The number of benzene rings is 2. The molecule has 0 fully saturated rings. The minimum absolute atomic E-state index is 0.0741. The quantitative estimate of drug-likeness (QED) is 0.712. The maximum Gasteiger partial charge on any atom is 0.342 e. The van der Waals surface area contributed by atoms with Crippen molar-refractivity contribution in [3.05, 3.63) is 54.1 Å². The molecule has 26 heavy (non-hydrogen) atoms. The molecule has 138 valence electrons. The Morgan fingerprint density at radius 3 is 2.23 bits per heavy atom. The van der Waals surface area contributed by atoms with E-state index in [4.69, 9.17) is 14.2 Å². The molecule has 0 unspecified atom stereocenters. The van der Waals surface area contributed by atoms with Crippen LogP contribution in [-0.2, 0) is 9.53 Å². The minimum atomic E-state index is -0.647. The van der Waals surface area contributed by atoms with Crippen LogP contribution in [0, 0.1) is 0 Å². The Balaban J connectivity index is 2.12. The van der Waals surface area contributed by atoms with Crippen molar-refractivity contribution in [2.45, 2.75) is 19.9 Å². The van der Waals surface area contributed by atoms with Gasteiger partial charge in [-0.15, -0.1) is 0 Å². The lowest BCUT2D eigenvalue weighted by atomic mass is 10.2. The van der Waals surface area contributed by atoms with Crippen molar-refractivity contribution in [1.29, 1.82) is 0 Å². The molecule has 0 aromatic heterocycles. The molecule has 0 radical (unpaired) electrons. The lowest BCUT2D eigenvalue weighted by Crippen LogP contribution is -2.39. The molecule has 6 heteroatoms. The third kappa shape index (κ3) is 4.33. The predicted octanol–water partition coefficient (Wildman–Crippen LogP) is 3.30. The van der Waals surface area contributed by atoms with Gasteiger partial charge in [-0.25, -0.2) is 4.79 Å². The fourth-order valence-corrected chi connectivity index (χ4v) is 2.64. The van der Waals surface area contributed by atoms with E-state index < -0.39 is 5.97 Å². The van der Waals surface area contributed by atoms with Crippen molar-refractivity contribution in [3.63, 3.8) is 0 Å². The summed E-state index contributed by atoms with van der Waals surface area (Å²) >= 11 is 0. The summed E-state index contributed by atoms with van der Waals surface area (Å²) in [7, 11) is 2.92. The summed E-state index contributed by atoms with van der Waals surface area (Å²) in [5.74, 6) is -0.259. The molecule has 2 aromatic rings. The zero-order valence-corrected chi connectivity index (χ0v) is 15.4. The highest BCUT2D eigenvalue weighted by Crippen LogP contribution is 2.31. The Labute approximate surface area is 153 Å². The van der Waals surface area contributed by atoms with Crippen molar-refractivity contribution in [3.8, 4) is 11.5 Å². The number of ether oxygens (including phenoxy) is 3. The molecule has 2 aromatic carbocycles. The van der Waals surface area contributed by atoms with E-state index in [1.807, 2.05) is 44.2 Å². The molecule has 0 aliphatic carbocycles. The minimum Gasteiger partial charge on any atom is -0.493 e. The average Bonchev–Trinajstić information content (AvgIpc) is 2.66. The van der Waals surface area contributed by atoms with Crippen LogP contribution in [0.4, 0.5) is 5.69 Å². The van der Waals surface area contributed by atoms with Gasteiger partial charge in [0.25, 0.3) is 5.91 Å². The Kier molecular flexibility index (Phi) is 6.60.